The van der Waals surface area contributed by atoms with E-state index >= 15 is 0 Å². The highest BCUT2D eigenvalue weighted by Crippen LogP contribution is 2.30. The Morgan fingerprint density at radius 2 is 1.58 bits per heavy atom. The average Bonchev–Trinajstić information content (AvgIpc) is 3.10. The summed E-state index contributed by atoms with van der Waals surface area (Å²) in [5.41, 5.74) is 6.76. The van der Waals surface area contributed by atoms with Crippen LogP contribution in [0.2, 0.25) is 0 Å². The van der Waals surface area contributed by atoms with Gasteiger partial charge in [-0.1, -0.05) is 65.7 Å². The van der Waals surface area contributed by atoms with Crippen molar-refractivity contribution in [3.63, 3.8) is 0 Å². The number of likely N-dealkylation sites (tertiary alicyclic amines) is 1. The summed E-state index contributed by atoms with van der Waals surface area (Å²) in [6.07, 6.45) is 3.77. The van der Waals surface area contributed by atoms with E-state index in [0.29, 0.717) is 12.0 Å². The molecule has 3 aromatic rings. The highest BCUT2D eigenvalue weighted by atomic mass is 16.5. The Kier molecular flexibility index (Phi) is 6.74. The SMILES string of the molecule is COc1ccc(C(=O)/N=C2\C/C(=C\c3ccc(C)cc3)C(Cc3ccc(C)cc3)N2C)cc1. The molecule has 1 fully saturated rings. The minimum atomic E-state index is -0.231. The number of likely N-dealkylation sites (N-methyl/N-ethyl adjacent to an activating group) is 1. The van der Waals surface area contributed by atoms with Crippen molar-refractivity contribution in [3.8, 4) is 5.75 Å². The molecule has 0 N–H and O–H groups in total. The van der Waals surface area contributed by atoms with Gasteiger partial charge in [0, 0.05) is 19.0 Å². The molecule has 1 atom stereocenters. The molecule has 1 heterocycles. The summed E-state index contributed by atoms with van der Waals surface area (Å²) in [5, 5.41) is 0. The maximum Gasteiger partial charge on any atom is 0.278 e. The van der Waals surface area contributed by atoms with Gasteiger partial charge in [-0.2, -0.15) is 4.99 Å². The summed E-state index contributed by atoms with van der Waals surface area (Å²) in [4.78, 5) is 19.5. The van der Waals surface area contributed by atoms with Crippen LogP contribution in [0.1, 0.15) is 39.0 Å². The number of aryl methyl sites for hydroxylation is 2. The van der Waals surface area contributed by atoms with E-state index < -0.39 is 0 Å². The second-order valence-electron chi connectivity index (χ2n) is 8.68. The molecule has 0 spiro atoms. The fourth-order valence-corrected chi connectivity index (χ4v) is 4.13. The third-order valence-electron chi connectivity index (χ3n) is 6.21. The minimum Gasteiger partial charge on any atom is -0.497 e. The second-order valence-corrected chi connectivity index (χ2v) is 8.68. The molecule has 0 bridgehead atoms. The van der Waals surface area contributed by atoms with Crippen LogP contribution in [0.25, 0.3) is 6.08 Å². The molecule has 0 aliphatic carbocycles. The molecule has 33 heavy (non-hydrogen) atoms. The number of hydrogen-bond acceptors (Lipinski definition) is 2. The summed E-state index contributed by atoms with van der Waals surface area (Å²) >= 11 is 0. The lowest BCUT2D eigenvalue weighted by molar-refractivity contribution is 0.100. The number of aliphatic imine (C=N–C) groups is 1. The Balaban J connectivity index is 1.64. The van der Waals surface area contributed by atoms with E-state index in [0.717, 1.165) is 18.0 Å². The smallest absolute Gasteiger partial charge is 0.278 e. The van der Waals surface area contributed by atoms with Crippen LogP contribution in [0.15, 0.2) is 83.4 Å². The van der Waals surface area contributed by atoms with Gasteiger partial charge in [0.05, 0.1) is 13.2 Å². The topological polar surface area (TPSA) is 41.9 Å². The van der Waals surface area contributed by atoms with Gasteiger partial charge < -0.3 is 9.64 Å². The first-order valence-electron chi connectivity index (χ1n) is 11.2. The Morgan fingerprint density at radius 1 is 0.970 bits per heavy atom. The van der Waals surface area contributed by atoms with Crippen LogP contribution in [0, 0.1) is 13.8 Å². The van der Waals surface area contributed by atoms with E-state index in [1.54, 1.807) is 31.4 Å². The molecule has 1 amide bonds. The van der Waals surface area contributed by atoms with E-state index in [4.69, 9.17) is 4.74 Å². The number of carbonyl (C=O) groups excluding carboxylic acids is 1. The van der Waals surface area contributed by atoms with Crippen LogP contribution in [0.5, 0.6) is 5.75 Å². The standard InChI is InChI=1S/C29H30N2O2/c1-20-5-9-22(10-6-20)17-25-19-28(30-29(32)24-13-15-26(33-4)16-14-24)31(3)27(25)18-23-11-7-21(2)8-12-23/h5-17,27H,18-19H2,1-4H3/b25-17+,30-28+. The maximum atomic E-state index is 12.9. The zero-order valence-corrected chi connectivity index (χ0v) is 19.7. The number of hydrogen-bond donors (Lipinski definition) is 0. The summed E-state index contributed by atoms with van der Waals surface area (Å²) in [5.74, 6) is 1.29. The quantitative estimate of drug-likeness (QED) is 0.499. The van der Waals surface area contributed by atoms with Crippen LogP contribution in [0.4, 0.5) is 0 Å². The van der Waals surface area contributed by atoms with Crippen molar-refractivity contribution in [2.45, 2.75) is 32.7 Å². The van der Waals surface area contributed by atoms with Crippen LogP contribution >= 0.6 is 0 Å². The molecule has 0 saturated carbocycles. The first-order valence-corrected chi connectivity index (χ1v) is 11.2. The molecular formula is C29H30N2O2. The third kappa shape index (κ3) is 5.40. The minimum absolute atomic E-state index is 0.149. The van der Waals surface area contributed by atoms with Crippen molar-refractivity contribution < 1.29 is 9.53 Å². The first-order chi connectivity index (χ1) is 15.9. The van der Waals surface area contributed by atoms with Gasteiger partial charge in [0.15, 0.2) is 0 Å². The van der Waals surface area contributed by atoms with Crippen molar-refractivity contribution in [1.82, 2.24) is 4.90 Å². The summed E-state index contributed by atoms with van der Waals surface area (Å²) in [6.45, 7) is 4.19. The highest BCUT2D eigenvalue weighted by Gasteiger charge is 2.31. The molecular weight excluding hydrogens is 408 g/mol. The van der Waals surface area contributed by atoms with Gasteiger partial charge in [0.25, 0.3) is 5.91 Å². The van der Waals surface area contributed by atoms with Gasteiger partial charge in [-0.05, 0) is 61.2 Å². The van der Waals surface area contributed by atoms with E-state index in [1.807, 2.05) is 7.05 Å². The zero-order chi connectivity index (χ0) is 23.4. The Bertz CT molecular complexity index is 1170. The molecule has 0 aromatic heterocycles. The van der Waals surface area contributed by atoms with Crippen molar-refractivity contribution >= 4 is 17.8 Å². The highest BCUT2D eigenvalue weighted by molar-refractivity contribution is 6.05. The summed E-state index contributed by atoms with van der Waals surface area (Å²) in [7, 11) is 3.65. The van der Waals surface area contributed by atoms with Crippen LogP contribution in [0.3, 0.4) is 0 Å². The lowest BCUT2D eigenvalue weighted by Crippen LogP contribution is -2.31. The lowest BCUT2D eigenvalue weighted by Gasteiger charge is -2.23. The number of carbonyl (C=O) groups is 1. The Morgan fingerprint density at radius 3 is 2.18 bits per heavy atom. The number of nitrogens with zero attached hydrogens (tertiary/aromatic N) is 2. The molecule has 3 aromatic carbocycles. The van der Waals surface area contributed by atoms with Crippen molar-refractivity contribution in [3.05, 3.63) is 106 Å². The van der Waals surface area contributed by atoms with Crippen molar-refractivity contribution in [2.75, 3.05) is 14.2 Å². The molecule has 4 nitrogen and oxygen atoms in total. The molecule has 4 rings (SSSR count). The Hall–Kier alpha value is -3.66. The fraction of sp³-hybridized carbons (Fsp3) is 0.241. The van der Waals surface area contributed by atoms with E-state index in [1.165, 1.54) is 27.8 Å². The largest absolute Gasteiger partial charge is 0.497 e. The third-order valence-corrected chi connectivity index (χ3v) is 6.21. The fourth-order valence-electron chi connectivity index (χ4n) is 4.13. The predicted molar refractivity (Wildman–Crippen MR) is 135 cm³/mol. The van der Waals surface area contributed by atoms with Crippen LogP contribution in [-0.4, -0.2) is 36.8 Å². The number of methoxy groups -OCH3 is 1. The molecule has 4 heteroatoms. The monoisotopic (exact) mass is 438 g/mol. The van der Waals surface area contributed by atoms with Gasteiger partial charge in [-0.15, -0.1) is 0 Å². The molecule has 168 valence electrons. The van der Waals surface area contributed by atoms with Gasteiger partial charge in [0.1, 0.15) is 11.6 Å². The number of amidine groups is 1. The Labute approximate surface area is 196 Å². The molecule has 1 unspecified atom stereocenters. The number of benzene rings is 3. The van der Waals surface area contributed by atoms with Gasteiger partial charge in [0.2, 0.25) is 0 Å². The van der Waals surface area contributed by atoms with Crippen LogP contribution in [-0.2, 0) is 6.42 Å². The zero-order valence-electron chi connectivity index (χ0n) is 19.7. The molecule has 1 aliphatic heterocycles. The van der Waals surface area contributed by atoms with Crippen LogP contribution < -0.4 is 4.74 Å². The summed E-state index contributed by atoms with van der Waals surface area (Å²) < 4.78 is 5.19. The predicted octanol–water partition coefficient (Wildman–Crippen LogP) is 5.88. The van der Waals surface area contributed by atoms with E-state index in [-0.39, 0.29) is 11.9 Å². The molecule has 0 radical (unpaired) electrons. The summed E-state index contributed by atoms with van der Waals surface area (Å²) in [6, 6.07) is 24.4. The van der Waals surface area contributed by atoms with Gasteiger partial charge in [-0.3, -0.25) is 4.79 Å². The number of amides is 1. The van der Waals surface area contributed by atoms with Gasteiger partial charge >= 0.3 is 0 Å². The number of rotatable bonds is 5. The maximum absolute atomic E-state index is 12.9. The van der Waals surface area contributed by atoms with Crippen molar-refractivity contribution in [1.29, 1.82) is 0 Å². The number of ether oxygens (including phenoxy) is 1. The van der Waals surface area contributed by atoms with Crippen molar-refractivity contribution in [2.24, 2.45) is 4.99 Å². The average molecular weight is 439 g/mol. The van der Waals surface area contributed by atoms with E-state index in [2.05, 4.69) is 78.3 Å². The molecule has 1 saturated heterocycles. The lowest BCUT2D eigenvalue weighted by atomic mass is 9.97. The molecule has 1 aliphatic rings. The normalized spacial score (nSPS) is 18.2. The van der Waals surface area contributed by atoms with Gasteiger partial charge in [-0.25, -0.2) is 0 Å². The second kappa shape index (κ2) is 9.86. The van der Waals surface area contributed by atoms with E-state index in [9.17, 15) is 4.79 Å². The first kappa shape index (κ1) is 22.5.